The number of rotatable bonds is 6. The minimum absolute atomic E-state index is 0.00942. The van der Waals surface area contributed by atoms with Gasteiger partial charge in [0.2, 0.25) is 0 Å². The summed E-state index contributed by atoms with van der Waals surface area (Å²) in [5.41, 5.74) is 2.06. The van der Waals surface area contributed by atoms with Crippen LogP contribution in [-0.2, 0) is 0 Å². The van der Waals surface area contributed by atoms with Crippen LogP contribution in [0.15, 0.2) is 61.1 Å². The highest BCUT2D eigenvalue weighted by atomic mass is 35.5. The number of likely N-dealkylation sites (N-methyl/N-ethyl adjacent to an activating group) is 1. The summed E-state index contributed by atoms with van der Waals surface area (Å²) in [7, 11) is 4.14. The molecule has 0 radical (unpaired) electrons. The third-order valence-corrected chi connectivity index (χ3v) is 5.60. The third kappa shape index (κ3) is 4.12. The number of nitrogens with zero attached hydrogens (tertiary/aromatic N) is 5. The van der Waals surface area contributed by atoms with E-state index in [-0.39, 0.29) is 12.1 Å². The average molecular weight is 427 g/mol. The molecule has 2 unspecified atom stereocenters. The highest BCUT2D eigenvalue weighted by Crippen LogP contribution is 2.39. The smallest absolute Gasteiger partial charge is 0.170 e. The molecule has 3 aromatic rings. The monoisotopic (exact) mass is 426 g/mol. The van der Waals surface area contributed by atoms with Crippen LogP contribution in [0, 0.1) is 0 Å². The summed E-state index contributed by atoms with van der Waals surface area (Å²) in [5, 5.41) is 4.85. The summed E-state index contributed by atoms with van der Waals surface area (Å²) in [5.74, 6) is 0.819. The standard InChI is InChI=1S/C21H23ClN6S/c1-26(2)12-13-28-20(19(25-21(28)29)16-6-3-4-10-23-16)17-7-5-11-27(17)18-9-8-15(22)14-24-18/h3-11,14,19-20H,12-13H2,1-2H3,(H,25,29). The van der Waals surface area contributed by atoms with E-state index in [0.29, 0.717) is 5.02 Å². The Kier molecular flexibility index (Phi) is 5.80. The van der Waals surface area contributed by atoms with Gasteiger partial charge >= 0.3 is 0 Å². The molecule has 0 bridgehead atoms. The van der Waals surface area contributed by atoms with Crippen molar-refractivity contribution in [1.29, 1.82) is 0 Å². The minimum atomic E-state index is -0.0492. The van der Waals surface area contributed by atoms with E-state index in [4.69, 9.17) is 23.8 Å². The Morgan fingerprint density at radius 1 is 1.14 bits per heavy atom. The predicted molar refractivity (Wildman–Crippen MR) is 119 cm³/mol. The zero-order chi connectivity index (χ0) is 20.4. The molecule has 6 nitrogen and oxygen atoms in total. The normalized spacial score (nSPS) is 19.0. The minimum Gasteiger partial charge on any atom is -0.352 e. The zero-order valence-electron chi connectivity index (χ0n) is 16.4. The van der Waals surface area contributed by atoms with Crippen molar-refractivity contribution in [3.8, 4) is 5.82 Å². The molecule has 4 rings (SSSR count). The third-order valence-electron chi connectivity index (χ3n) is 5.03. The van der Waals surface area contributed by atoms with Crippen LogP contribution in [0.4, 0.5) is 0 Å². The van der Waals surface area contributed by atoms with E-state index in [2.05, 4.69) is 49.8 Å². The number of thiocarbonyl (C=S) groups is 1. The van der Waals surface area contributed by atoms with E-state index in [1.165, 1.54) is 0 Å². The molecule has 0 saturated carbocycles. The summed E-state index contributed by atoms with van der Waals surface area (Å²) in [6.45, 7) is 1.71. The van der Waals surface area contributed by atoms with E-state index in [1.54, 1.807) is 6.20 Å². The molecule has 1 N–H and O–H groups in total. The lowest BCUT2D eigenvalue weighted by Gasteiger charge is -2.29. The Bertz CT molecular complexity index is 972. The molecule has 1 fully saturated rings. The lowest BCUT2D eigenvalue weighted by molar-refractivity contribution is 0.272. The van der Waals surface area contributed by atoms with Gasteiger partial charge in [-0.1, -0.05) is 17.7 Å². The highest BCUT2D eigenvalue weighted by molar-refractivity contribution is 7.80. The molecule has 1 aliphatic heterocycles. The van der Waals surface area contributed by atoms with Crippen molar-refractivity contribution in [2.24, 2.45) is 0 Å². The van der Waals surface area contributed by atoms with Crippen molar-refractivity contribution in [3.05, 3.63) is 77.5 Å². The van der Waals surface area contributed by atoms with Gasteiger partial charge in [-0.15, -0.1) is 0 Å². The van der Waals surface area contributed by atoms with Gasteiger partial charge in [0.25, 0.3) is 0 Å². The Morgan fingerprint density at radius 3 is 2.69 bits per heavy atom. The number of nitrogens with one attached hydrogen (secondary N) is 1. The van der Waals surface area contributed by atoms with E-state index >= 15 is 0 Å². The predicted octanol–water partition coefficient (Wildman–Crippen LogP) is 3.45. The molecule has 4 heterocycles. The highest BCUT2D eigenvalue weighted by Gasteiger charge is 2.41. The fourth-order valence-corrected chi connectivity index (χ4v) is 4.07. The van der Waals surface area contributed by atoms with Crippen molar-refractivity contribution >= 4 is 28.9 Å². The molecular formula is C21H23ClN6S. The van der Waals surface area contributed by atoms with Crippen LogP contribution in [0.1, 0.15) is 23.5 Å². The van der Waals surface area contributed by atoms with E-state index in [9.17, 15) is 0 Å². The second kappa shape index (κ2) is 8.49. The maximum Gasteiger partial charge on any atom is 0.170 e. The van der Waals surface area contributed by atoms with Crippen molar-refractivity contribution < 1.29 is 0 Å². The van der Waals surface area contributed by atoms with Gasteiger partial charge in [-0.05, 0) is 62.7 Å². The molecule has 0 aromatic carbocycles. The fraction of sp³-hybridized carbons (Fsp3) is 0.286. The first kappa shape index (κ1) is 19.8. The number of hydrogen-bond acceptors (Lipinski definition) is 4. The molecule has 150 valence electrons. The molecule has 1 aliphatic rings. The summed E-state index contributed by atoms with van der Waals surface area (Å²) in [4.78, 5) is 13.5. The number of halogens is 1. The summed E-state index contributed by atoms with van der Waals surface area (Å²) in [6.07, 6.45) is 5.50. The topological polar surface area (TPSA) is 49.2 Å². The maximum atomic E-state index is 6.04. The summed E-state index contributed by atoms with van der Waals surface area (Å²) < 4.78 is 2.09. The first-order valence-corrected chi connectivity index (χ1v) is 10.2. The van der Waals surface area contributed by atoms with Gasteiger partial charge in [0.1, 0.15) is 5.82 Å². The average Bonchev–Trinajstić information content (AvgIpc) is 3.32. The lowest BCUT2D eigenvalue weighted by atomic mass is 10.0. The molecule has 0 aliphatic carbocycles. The summed E-state index contributed by atoms with van der Waals surface area (Å²) >= 11 is 11.8. The summed E-state index contributed by atoms with van der Waals surface area (Å²) in [6, 6.07) is 13.8. The van der Waals surface area contributed by atoms with Crippen molar-refractivity contribution in [2.75, 3.05) is 27.2 Å². The van der Waals surface area contributed by atoms with E-state index < -0.39 is 0 Å². The molecule has 0 amide bonds. The molecule has 2 atom stereocenters. The Labute approximate surface area is 181 Å². The number of aromatic nitrogens is 3. The lowest BCUT2D eigenvalue weighted by Crippen LogP contribution is -2.36. The van der Waals surface area contributed by atoms with Gasteiger partial charge < -0.3 is 19.7 Å². The van der Waals surface area contributed by atoms with Gasteiger partial charge in [0, 0.05) is 37.4 Å². The van der Waals surface area contributed by atoms with E-state index in [1.807, 2.05) is 48.8 Å². The first-order chi connectivity index (χ1) is 14.0. The quantitative estimate of drug-likeness (QED) is 0.609. The van der Waals surface area contributed by atoms with Gasteiger partial charge in [-0.2, -0.15) is 0 Å². The SMILES string of the molecule is CN(C)CCN1C(=S)NC(c2ccccn2)C1c1cccn1-c1ccc(Cl)cn1. The van der Waals surface area contributed by atoms with Crippen LogP contribution in [0.5, 0.6) is 0 Å². The zero-order valence-corrected chi connectivity index (χ0v) is 17.9. The maximum absolute atomic E-state index is 6.04. The molecular weight excluding hydrogens is 404 g/mol. The molecule has 29 heavy (non-hydrogen) atoms. The number of pyridine rings is 2. The van der Waals surface area contributed by atoms with Crippen LogP contribution >= 0.6 is 23.8 Å². The van der Waals surface area contributed by atoms with Gasteiger partial charge in [0.05, 0.1) is 22.8 Å². The molecule has 8 heteroatoms. The van der Waals surface area contributed by atoms with E-state index in [0.717, 1.165) is 35.4 Å². The second-order valence-electron chi connectivity index (χ2n) is 7.26. The Balaban J connectivity index is 1.77. The van der Waals surface area contributed by atoms with Gasteiger partial charge in [0.15, 0.2) is 5.11 Å². The Hall–Kier alpha value is -2.48. The number of hydrogen-bond donors (Lipinski definition) is 1. The van der Waals surface area contributed by atoms with Crippen molar-refractivity contribution in [2.45, 2.75) is 12.1 Å². The fourth-order valence-electron chi connectivity index (χ4n) is 3.63. The second-order valence-corrected chi connectivity index (χ2v) is 8.08. The van der Waals surface area contributed by atoms with Crippen molar-refractivity contribution in [1.82, 2.24) is 29.7 Å². The van der Waals surface area contributed by atoms with Gasteiger partial charge in [-0.3, -0.25) is 4.98 Å². The van der Waals surface area contributed by atoms with Crippen LogP contribution in [0.3, 0.4) is 0 Å². The molecule has 3 aromatic heterocycles. The van der Waals surface area contributed by atoms with Gasteiger partial charge in [-0.25, -0.2) is 4.98 Å². The van der Waals surface area contributed by atoms with Crippen molar-refractivity contribution in [3.63, 3.8) is 0 Å². The Morgan fingerprint density at radius 2 is 2.00 bits per heavy atom. The first-order valence-electron chi connectivity index (χ1n) is 9.46. The van der Waals surface area contributed by atoms with Crippen LogP contribution < -0.4 is 5.32 Å². The molecule has 0 spiro atoms. The largest absolute Gasteiger partial charge is 0.352 e. The molecule has 1 saturated heterocycles. The van der Waals surface area contributed by atoms with Crippen LogP contribution in [-0.4, -0.2) is 56.6 Å². The van der Waals surface area contributed by atoms with Crippen LogP contribution in [0.25, 0.3) is 5.82 Å². The van der Waals surface area contributed by atoms with Crippen LogP contribution in [0.2, 0.25) is 5.02 Å².